The van der Waals surface area contributed by atoms with Crippen LogP contribution in [0.4, 0.5) is 0 Å². The lowest BCUT2D eigenvalue weighted by Crippen LogP contribution is -2.31. The van der Waals surface area contributed by atoms with Crippen LogP contribution in [0.25, 0.3) is 0 Å². The van der Waals surface area contributed by atoms with Gasteiger partial charge in [-0.2, -0.15) is 0 Å². The summed E-state index contributed by atoms with van der Waals surface area (Å²) in [5.74, 6) is 1.37. The number of carbonyl (C=O) groups is 1. The van der Waals surface area contributed by atoms with E-state index in [1.54, 1.807) is 0 Å². The summed E-state index contributed by atoms with van der Waals surface area (Å²) in [5.41, 5.74) is 2.33. The molecule has 1 N–H and O–H groups in total. The fourth-order valence-electron chi connectivity index (χ4n) is 2.08. The van der Waals surface area contributed by atoms with E-state index in [1.165, 1.54) is 16.9 Å². The van der Waals surface area contributed by atoms with Crippen molar-refractivity contribution >= 4 is 17.2 Å². The summed E-state index contributed by atoms with van der Waals surface area (Å²) in [7, 11) is 0. The molecule has 2 rings (SSSR count). The van der Waals surface area contributed by atoms with E-state index >= 15 is 0 Å². The van der Waals surface area contributed by atoms with Crippen molar-refractivity contribution in [3.8, 4) is 5.75 Å². The van der Waals surface area contributed by atoms with Crippen LogP contribution in [0.3, 0.4) is 0 Å². The molecular formula is C19H25NO2S. The third-order valence-corrected chi connectivity index (χ3v) is 4.80. The first kappa shape index (κ1) is 17.5. The molecule has 0 fully saturated rings. The highest BCUT2D eigenvalue weighted by Crippen LogP contribution is 2.21. The molecule has 0 saturated carbocycles. The molecule has 3 nitrogen and oxygen atoms in total. The maximum atomic E-state index is 12.1. The minimum Gasteiger partial charge on any atom is -0.489 e. The van der Waals surface area contributed by atoms with E-state index in [4.69, 9.17) is 4.74 Å². The molecule has 0 aliphatic rings. The Kier molecular flexibility index (Phi) is 6.22. The second-order valence-corrected chi connectivity index (χ2v) is 7.03. The molecule has 1 amide bonds. The first-order valence-corrected chi connectivity index (χ1v) is 8.98. The second-order valence-electron chi connectivity index (χ2n) is 6.11. The lowest BCUT2D eigenvalue weighted by molar-refractivity contribution is 0.0943. The molecule has 0 bridgehead atoms. The third kappa shape index (κ3) is 5.10. The number of rotatable bonds is 7. The van der Waals surface area contributed by atoms with Crippen LogP contribution >= 0.6 is 11.3 Å². The minimum absolute atomic E-state index is 0.00288. The van der Waals surface area contributed by atoms with Crippen molar-refractivity contribution < 1.29 is 9.53 Å². The van der Waals surface area contributed by atoms with Crippen LogP contribution < -0.4 is 10.1 Å². The van der Waals surface area contributed by atoms with Crippen LogP contribution in [-0.4, -0.2) is 11.9 Å². The van der Waals surface area contributed by atoms with Gasteiger partial charge in [-0.1, -0.05) is 32.9 Å². The van der Waals surface area contributed by atoms with Gasteiger partial charge >= 0.3 is 0 Å². The first-order valence-electron chi connectivity index (χ1n) is 8.10. The Labute approximate surface area is 142 Å². The molecule has 0 saturated heterocycles. The molecule has 1 unspecified atom stereocenters. The van der Waals surface area contributed by atoms with E-state index in [1.807, 2.05) is 30.5 Å². The highest BCUT2D eigenvalue weighted by atomic mass is 32.1. The summed E-state index contributed by atoms with van der Waals surface area (Å²) in [6.45, 7) is 8.90. The van der Waals surface area contributed by atoms with Gasteiger partial charge in [0.05, 0.1) is 4.88 Å². The molecule has 23 heavy (non-hydrogen) atoms. The van der Waals surface area contributed by atoms with Gasteiger partial charge in [0.25, 0.3) is 5.91 Å². The zero-order chi connectivity index (χ0) is 16.8. The number of hydrogen-bond donors (Lipinski definition) is 1. The van der Waals surface area contributed by atoms with Gasteiger partial charge in [0.2, 0.25) is 0 Å². The Bertz CT molecular complexity index is 631. The van der Waals surface area contributed by atoms with Crippen molar-refractivity contribution in [2.75, 3.05) is 0 Å². The summed E-state index contributed by atoms with van der Waals surface area (Å²) >= 11 is 1.46. The monoisotopic (exact) mass is 331 g/mol. The van der Waals surface area contributed by atoms with Crippen LogP contribution in [0.5, 0.6) is 5.75 Å². The Morgan fingerprint density at radius 2 is 1.91 bits per heavy atom. The van der Waals surface area contributed by atoms with Gasteiger partial charge in [-0.05, 0) is 48.4 Å². The largest absolute Gasteiger partial charge is 0.489 e. The molecule has 4 heteroatoms. The predicted molar refractivity (Wildman–Crippen MR) is 96.4 cm³/mol. The van der Waals surface area contributed by atoms with Crippen molar-refractivity contribution in [3.05, 3.63) is 51.7 Å². The summed E-state index contributed by atoms with van der Waals surface area (Å²) in [6, 6.07) is 10.3. The fraction of sp³-hybridized carbons (Fsp3) is 0.421. The standard InChI is InChI=1S/C19H25NO2S/c1-5-14(4)20-19(21)18-10-15(12-23-18)11-22-17-8-6-16(7-9-17)13(2)3/h6-10,12-14H,5,11H2,1-4H3,(H,20,21). The van der Waals surface area contributed by atoms with Crippen molar-refractivity contribution in [1.82, 2.24) is 5.32 Å². The molecule has 1 aromatic heterocycles. The lowest BCUT2D eigenvalue weighted by atomic mass is 10.0. The number of hydrogen-bond acceptors (Lipinski definition) is 3. The minimum atomic E-state index is -0.00288. The molecule has 0 aliphatic heterocycles. The van der Waals surface area contributed by atoms with Crippen molar-refractivity contribution in [2.24, 2.45) is 0 Å². The molecule has 1 aromatic carbocycles. The van der Waals surface area contributed by atoms with E-state index in [0.29, 0.717) is 12.5 Å². The molecule has 124 valence electrons. The number of amides is 1. The van der Waals surface area contributed by atoms with E-state index < -0.39 is 0 Å². The normalized spacial score (nSPS) is 12.2. The van der Waals surface area contributed by atoms with E-state index in [0.717, 1.165) is 22.6 Å². The van der Waals surface area contributed by atoms with Crippen LogP contribution in [-0.2, 0) is 6.61 Å². The fourth-order valence-corrected chi connectivity index (χ4v) is 2.88. The molecule has 1 heterocycles. The van der Waals surface area contributed by atoms with Gasteiger partial charge < -0.3 is 10.1 Å². The van der Waals surface area contributed by atoms with Crippen LogP contribution in [0, 0.1) is 0 Å². The SMILES string of the molecule is CCC(C)NC(=O)c1cc(COc2ccc(C(C)C)cc2)cs1. The highest BCUT2D eigenvalue weighted by molar-refractivity contribution is 7.12. The van der Waals surface area contributed by atoms with Gasteiger partial charge in [-0.25, -0.2) is 0 Å². The maximum absolute atomic E-state index is 12.1. The molecule has 0 spiro atoms. The third-order valence-electron chi connectivity index (χ3n) is 3.82. The average Bonchev–Trinajstić information content (AvgIpc) is 3.02. The summed E-state index contributed by atoms with van der Waals surface area (Å²) in [5, 5.41) is 4.96. The first-order chi connectivity index (χ1) is 11.0. The zero-order valence-corrected chi connectivity index (χ0v) is 15.1. The van der Waals surface area contributed by atoms with E-state index in [-0.39, 0.29) is 11.9 Å². The van der Waals surface area contributed by atoms with Crippen LogP contribution in [0.15, 0.2) is 35.7 Å². The number of ether oxygens (including phenoxy) is 1. The maximum Gasteiger partial charge on any atom is 0.261 e. The second kappa shape index (κ2) is 8.16. The molecule has 2 aromatic rings. The van der Waals surface area contributed by atoms with Crippen LogP contribution in [0.1, 0.15) is 60.8 Å². The zero-order valence-electron chi connectivity index (χ0n) is 14.3. The van der Waals surface area contributed by atoms with E-state index in [2.05, 4.69) is 38.2 Å². The number of carbonyl (C=O) groups excluding carboxylic acids is 1. The van der Waals surface area contributed by atoms with Gasteiger partial charge in [0, 0.05) is 11.6 Å². The smallest absolute Gasteiger partial charge is 0.261 e. The van der Waals surface area contributed by atoms with Gasteiger partial charge in [-0.15, -0.1) is 11.3 Å². The van der Waals surface area contributed by atoms with Crippen molar-refractivity contribution in [3.63, 3.8) is 0 Å². The average molecular weight is 331 g/mol. The lowest BCUT2D eigenvalue weighted by Gasteiger charge is -2.09. The Morgan fingerprint density at radius 1 is 1.22 bits per heavy atom. The summed E-state index contributed by atoms with van der Waals surface area (Å²) < 4.78 is 5.80. The number of nitrogens with one attached hydrogen (secondary N) is 1. The molecule has 1 atom stereocenters. The summed E-state index contributed by atoms with van der Waals surface area (Å²) in [4.78, 5) is 12.8. The molecule has 0 radical (unpaired) electrons. The Hall–Kier alpha value is -1.81. The van der Waals surface area contributed by atoms with Crippen molar-refractivity contribution in [1.29, 1.82) is 0 Å². The van der Waals surface area contributed by atoms with Gasteiger partial charge in [0.1, 0.15) is 12.4 Å². The topological polar surface area (TPSA) is 38.3 Å². The highest BCUT2D eigenvalue weighted by Gasteiger charge is 2.11. The van der Waals surface area contributed by atoms with E-state index in [9.17, 15) is 4.79 Å². The molecule has 0 aliphatic carbocycles. The number of thiophene rings is 1. The van der Waals surface area contributed by atoms with Crippen LogP contribution in [0.2, 0.25) is 0 Å². The summed E-state index contributed by atoms with van der Waals surface area (Å²) in [6.07, 6.45) is 0.930. The Morgan fingerprint density at radius 3 is 2.52 bits per heavy atom. The number of benzene rings is 1. The quantitative estimate of drug-likeness (QED) is 0.777. The Balaban J connectivity index is 1.90. The van der Waals surface area contributed by atoms with Crippen molar-refractivity contribution in [2.45, 2.75) is 52.7 Å². The van der Waals surface area contributed by atoms with Gasteiger partial charge in [-0.3, -0.25) is 4.79 Å². The molecular weight excluding hydrogens is 306 g/mol. The van der Waals surface area contributed by atoms with Gasteiger partial charge in [0.15, 0.2) is 0 Å². The predicted octanol–water partition coefficient (Wildman–Crippen LogP) is 4.98.